The van der Waals surface area contributed by atoms with Crippen molar-refractivity contribution >= 4 is 17.2 Å². The molecular weight excluding hydrogens is 210 g/mol. The van der Waals surface area contributed by atoms with Crippen LogP contribution < -0.4 is 0 Å². The van der Waals surface area contributed by atoms with E-state index in [1.807, 2.05) is 36.3 Å². The Kier molecular flexibility index (Phi) is 3.07. The van der Waals surface area contributed by atoms with Gasteiger partial charge in [0, 0.05) is 6.54 Å². The first-order valence-electron chi connectivity index (χ1n) is 5.14. The van der Waals surface area contributed by atoms with E-state index in [0.29, 0.717) is 13.2 Å². The van der Waals surface area contributed by atoms with Crippen LogP contribution in [0, 0.1) is 0 Å². The van der Waals surface area contributed by atoms with Crippen LogP contribution in [0.15, 0.2) is 17.5 Å². The minimum absolute atomic E-state index is 0.132. The van der Waals surface area contributed by atoms with E-state index < -0.39 is 0 Å². The van der Waals surface area contributed by atoms with Crippen molar-refractivity contribution in [1.82, 2.24) is 4.90 Å². The van der Waals surface area contributed by atoms with Crippen LogP contribution in [0.5, 0.6) is 0 Å². The molecule has 82 valence electrons. The van der Waals surface area contributed by atoms with Gasteiger partial charge in [-0.25, -0.2) is 0 Å². The maximum atomic E-state index is 12.1. The van der Waals surface area contributed by atoms with Gasteiger partial charge in [0.1, 0.15) is 0 Å². The number of carbonyl (C=O) groups is 1. The number of ether oxygens (including phenoxy) is 1. The number of nitrogens with zero attached hydrogens (tertiary/aromatic N) is 1. The quantitative estimate of drug-likeness (QED) is 0.731. The summed E-state index contributed by atoms with van der Waals surface area (Å²) in [6.07, 6.45) is 0.144. The lowest BCUT2D eigenvalue weighted by Gasteiger charge is -2.36. The van der Waals surface area contributed by atoms with E-state index in [9.17, 15) is 4.79 Å². The Morgan fingerprint density at radius 2 is 2.40 bits per heavy atom. The Morgan fingerprint density at radius 3 is 3.07 bits per heavy atom. The van der Waals surface area contributed by atoms with E-state index in [0.717, 1.165) is 4.88 Å². The van der Waals surface area contributed by atoms with Crippen LogP contribution in [0.4, 0.5) is 0 Å². The summed E-state index contributed by atoms with van der Waals surface area (Å²) in [5.41, 5.74) is 0. The molecule has 1 aromatic heterocycles. The molecule has 2 heterocycles. The third kappa shape index (κ3) is 2.21. The van der Waals surface area contributed by atoms with Gasteiger partial charge in [-0.2, -0.15) is 0 Å². The number of amides is 1. The monoisotopic (exact) mass is 225 g/mol. The van der Waals surface area contributed by atoms with Crippen molar-refractivity contribution in [2.75, 3.05) is 13.2 Å². The fourth-order valence-corrected chi connectivity index (χ4v) is 2.41. The first kappa shape index (κ1) is 10.6. The highest BCUT2D eigenvalue weighted by Crippen LogP contribution is 2.18. The third-order valence-corrected chi connectivity index (χ3v) is 3.46. The smallest absolute Gasteiger partial charge is 0.264 e. The Hall–Kier alpha value is -0.870. The van der Waals surface area contributed by atoms with E-state index in [4.69, 9.17) is 4.74 Å². The number of carbonyl (C=O) groups excluding carboxylic acids is 1. The van der Waals surface area contributed by atoms with Crippen molar-refractivity contribution in [3.8, 4) is 0 Å². The van der Waals surface area contributed by atoms with Gasteiger partial charge in [0.15, 0.2) is 0 Å². The molecule has 3 nitrogen and oxygen atoms in total. The van der Waals surface area contributed by atoms with Crippen LogP contribution >= 0.6 is 11.3 Å². The lowest BCUT2D eigenvalue weighted by molar-refractivity contribution is -0.0385. The van der Waals surface area contributed by atoms with Crippen molar-refractivity contribution in [3.63, 3.8) is 0 Å². The highest BCUT2D eigenvalue weighted by Gasteiger charge is 2.28. The molecule has 0 aromatic carbocycles. The molecule has 1 aliphatic heterocycles. The van der Waals surface area contributed by atoms with Gasteiger partial charge in [-0.3, -0.25) is 4.79 Å². The number of morpholine rings is 1. The summed E-state index contributed by atoms with van der Waals surface area (Å²) in [6.45, 7) is 5.36. The number of hydrogen-bond donors (Lipinski definition) is 0. The lowest BCUT2D eigenvalue weighted by Crippen LogP contribution is -2.50. The van der Waals surface area contributed by atoms with Crippen molar-refractivity contribution in [3.05, 3.63) is 22.4 Å². The highest BCUT2D eigenvalue weighted by molar-refractivity contribution is 7.12. The molecule has 2 rings (SSSR count). The molecule has 1 amide bonds. The van der Waals surface area contributed by atoms with Crippen molar-refractivity contribution < 1.29 is 9.53 Å². The predicted octanol–water partition coefficient (Wildman–Crippen LogP) is 2.00. The summed E-state index contributed by atoms with van der Waals surface area (Å²) >= 11 is 1.50. The molecule has 0 N–H and O–H groups in total. The van der Waals surface area contributed by atoms with Crippen LogP contribution in [-0.4, -0.2) is 36.1 Å². The minimum atomic E-state index is 0.132. The Labute approximate surface area is 93.7 Å². The molecule has 0 aliphatic carbocycles. The van der Waals surface area contributed by atoms with Gasteiger partial charge in [-0.15, -0.1) is 11.3 Å². The van der Waals surface area contributed by atoms with Gasteiger partial charge < -0.3 is 9.64 Å². The van der Waals surface area contributed by atoms with Gasteiger partial charge in [-0.1, -0.05) is 6.07 Å². The molecule has 1 saturated heterocycles. The average molecular weight is 225 g/mol. The van der Waals surface area contributed by atoms with Crippen LogP contribution in [0.1, 0.15) is 23.5 Å². The molecule has 15 heavy (non-hydrogen) atoms. The summed E-state index contributed by atoms with van der Waals surface area (Å²) < 4.78 is 5.50. The second kappa shape index (κ2) is 4.33. The molecule has 1 aromatic rings. The van der Waals surface area contributed by atoms with Gasteiger partial charge in [0.05, 0.1) is 23.6 Å². The molecule has 0 unspecified atom stereocenters. The normalized spacial score (nSPS) is 26.7. The van der Waals surface area contributed by atoms with E-state index >= 15 is 0 Å². The third-order valence-electron chi connectivity index (χ3n) is 2.60. The van der Waals surface area contributed by atoms with E-state index in [2.05, 4.69) is 0 Å². The first-order chi connectivity index (χ1) is 7.18. The maximum Gasteiger partial charge on any atom is 0.264 e. The summed E-state index contributed by atoms with van der Waals surface area (Å²) in [5, 5.41) is 1.93. The zero-order valence-electron chi connectivity index (χ0n) is 8.97. The maximum absolute atomic E-state index is 12.1. The van der Waals surface area contributed by atoms with E-state index in [-0.39, 0.29) is 18.1 Å². The van der Waals surface area contributed by atoms with Crippen LogP contribution in [-0.2, 0) is 4.74 Å². The molecule has 1 fully saturated rings. The second-order valence-corrected chi connectivity index (χ2v) is 4.88. The SMILES string of the molecule is C[C@@H]1CO[C@@H](C)CN1C(=O)c1cccs1. The van der Waals surface area contributed by atoms with Crippen molar-refractivity contribution in [2.24, 2.45) is 0 Å². The average Bonchev–Trinajstić information content (AvgIpc) is 2.74. The summed E-state index contributed by atoms with van der Waals surface area (Å²) in [7, 11) is 0. The van der Waals surface area contributed by atoms with Crippen LogP contribution in [0.3, 0.4) is 0 Å². The van der Waals surface area contributed by atoms with E-state index in [1.165, 1.54) is 11.3 Å². The molecule has 1 aliphatic rings. The molecule has 2 atom stereocenters. The number of thiophene rings is 1. The fourth-order valence-electron chi connectivity index (χ4n) is 1.73. The summed E-state index contributed by atoms with van der Waals surface area (Å²) in [4.78, 5) is 14.8. The zero-order valence-corrected chi connectivity index (χ0v) is 9.79. The first-order valence-corrected chi connectivity index (χ1v) is 6.02. The molecular formula is C11H15NO2S. The molecule has 0 spiro atoms. The molecule has 0 saturated carbocycles. The van der Waals surface area contributed by atoms with Gasteiger partial charge in [0.2, 0.25) is 0 Å². The summed E-state index contributed by atoms with van der Waals surface area (Å²) in [6, 6.07) is 3.96. The molecule has 4 heteroatoms. The number of hydrogen-bond acceptors (Lipinski definition) is 3. The van der Waals surface area contributed by atoms with Gasteiger partial charge in [0.25, 0.3) is 5.91 Å². The van der Waals surface area contributed by atoms with Gasteiger partial charge in [-0.05, 0) is 25.3 Å². The zero-order chi connectivity index (χ0) is 10.8. The van der Waals surface area contributed by atoms with Crippen LogP contribution in [0.25, 0.3) is 0 Å². The lowest BCUT2D eigenvalue weighted by atomic mass is 10.2. The standard InChI is InChI=1S/C11H15NO2S/c1-8-7-14-9(2)6-12(8)11(13)10-4-3-5-15-10/h3-5,8-9H,6-7H2,1-2H3/t8-,9+/m1/s1. The van der Waals surface area contributed by atoms with Crippen molar-refractivity contribution in [2.45, 2.75) is 26.0 Å². The van der Waals surface area contributed by atoms with Crippen LogP contribution in [0.2, 0.25) is 0 Å². The van der Waals surface area contributed by atoms with Crippen molar-refractivity contribution in [1.29, 1.82) is 0 Å². The van der Waals surface area contributed by atoms with E-state index in [1.54, 1.807) is 0 Å². The minimum Gasteiger partial charge on any atom is -0.375 e. The summed E-state index contributed by atoms with van der Waals surface area (Å²) in [5.74, 6) is 0.132. The molecule has 0 bridgehead atoms. The largest absolute Gasteiger partial charge is 0.375 e. The number of rotatable bonds is 1. The Bertz CT molecular complexity index is 336. The highest BCUT2D eigenvalue weighted by atomic mass is 32.1. The second-order valence-electron chi connectivity index (χ2n) is 3.93. The topological polar surface area (TPSA) is 29.5 Å². The van der Waals surface area contributed by atoms with Gasteiger partial charge >= 0.3 is 0 Å². The Morgan fingerprint density at radius 1 is 1.60 bits per heavy atom. The Balaban J connectivity index is 2.12. The predicted molar refractivity (Wildman–Crippen MR) is 60.2 cm³/mol. The fraction of sp³-hybridized carbons (Fsp3) is 0.545. The molecule has 0 radical (unpaired) electrons.